The number of benzene rings is 1. The SMILES string of the molecule is O=c1nc(OCC2CCCO2)cc2n1CCc1cc(OCCOC3=CC=CCC=C3Cl)ccc1-2. The smallest absolute Gasteiger partial charge is 0.351 e. The molecule has 0 N–H and O–H groups in total. The zero-order chi connectivity index (χ0) is 23.3. The molecule has 3 aliphatic rings. The Bertz CT molecular complexity index is 1190. The first-order valence-electron chi connectivity index (χ1n) is 11.7. The number of nitrogens with zero attached hydrogens (tertiary/aromatic N) is 2. The minimum atomic E-state index is -0.293. The van der Waals surface area contributed by atoms with E-state index in [0.717, 1.165) is 54.9 Å². The van der Waals surface area contributed by atoms with E-state index in [1.54, 1.807) is 4.57 Å². The van der Waals surface area contributed by atoms with Crippen molar-refractivity contribution in [2.24, 2.45) is 0 Å². The fraction of sp³-hybridized carbons (Fsp3) is 0.385. The lowest BCUT2D eigenvalue weighted by atomic mass is 9.97. The van der Waals surface area contributed by atoms with Gasteiger partial charge in [-0.2, -0.15) is 4.98 Å². The second-order valence-corrected chi connectivity index (χ2v) is 8.78. The summed E-state index contributed by atoms with van der Waals surface area (Å²) < 4.78 is 24.8. The van der Waals surface area contributed by atoms with Crippen LogP contribution in [0.1, 0.15) is 24.8 Å². The highest BCUT2D eigenvalue weighted by molar-refractivity contribution is 6.31. The van der Waals surface area contributed by atoms with Gasteiger partial charge in [0.2, 0.25) is 5.88 Å². The molecule has 1 aromatic heterocycles. The highest BCUT2D eigenvalue weighted by Crippen LogP contribution is 2.32. The van der Waals surface area contributed by atoms with E-state index in [9.17, 15) is 4.79 Å². The number of aryl methyl sites for hydroxylation is 1. The van der Waals surface area contributed by atoms with Crippen LogP contribution in [0.15, 0.2) is 64.2 Å². The van der Waals surface area contributed by atoms with E-state index in [2.05, 4.69) is 4.98 Å². The summed E-state index contributed by atoms with van der Waals surface area (Å²) in [5, 5.41) is 0.612. The van der Waals surface area contributed by atoms with Crippen molar-refractivity contribution in [2.75, 3.05) is 26.4 Å². The molecule has 2 aliphatic heterocycles. The molecule has 0 spiro atoms. The summed E-state index contributed by atoms with van der Waals surface area (Å²) in [7, 11) is 0. The van der Waals surface area contributed by atoms with Crippen LogP contribution in [0.2, 0.25) is 0 Å². The Kier molecular flexibility index (Phi) is 7.02. The van der Waals surface area contributed by atoms with Crippen LogP contribution in [0.5, 0.6) is 11.6 Å². The Morgan fingerprint density at radius 3 is 2.97 bits per heavy atom. The molecule has 1 unspecified atom stereocenters. The third-order valence-electron chi connectivity index (χ3n) is 6.05. The molecule has 0 saturated carbocycles. The molecule has 2 aromatic rings. The van der Waals surface area contributed by atoms with Crippen LogP contribution in [0, 0.1) is 0 Å². The Hall–Kier alpha value is -3.03. The van der Waals surface area contributed by atoms with Gasteiger partial charge in [0.25, 0.3) is 0 Å². The fourth-order valence-corrected chi connectivity index (χ4v) is 4.52. The van der Waals surface area contributed by atoms with Crippen LogP contribution in [-0.2, 0) is 22.4 Å². The summed E-state index contributed by atoms with van der Waals surface area (Å²) >= 11 is 6.22. The first-order valence-corrected chi connectivity index (χ1v) is 12.0. The third kappa shape index (κ3) is 5.21. The van der Waals surface area contributed by atoms with Crippen LogP contribution in [0.25, 0.3) is 11.3 Å². The van der Waals surface area contributed by atoms with Gasteiger partial charge >= 0.3 is 5.69 Å². The third-order valence-corrected chi connectivity index (χ3v) is 6.39. The second-order valence-electron chi connectivity index (χ2n) is 8.37. The van der Waals surface area contributed by atoms with Crippen molar-refractivity contribution < 1.29 is 18.9 Å². The number of allylic oxidation sites excluding steroid dienone is 5. The van der Waals surface area contributed by atoms with Crippen molar-refractivity contribution in [1.29, 1.82) is 0 Å². The van der Waals surface area contributed by atoms with Gasteiger partial charge in [-0.3, -0.25) is 4.57 Å². The predicted octanol–water partition coefficient (Wildman–Crippen LogP) is 4.39. The maximum Gasteiger partial charge on any atom is 0.351 e. The lowest BCUT2D eigenvalue weighted by Gasteiger charge is -2.22. The minimum absolute atomic E-state index is 0.0684. The summed E-state index contributed by atoms with van der Waals surface area (Å²) in [6.45, 7) is 2.52. The maximum atomic E-state index is 12.6. The Labute approximate surface area is 203 Å². The van der Waals surface area contributed by atoms with E-state index in [1.165, 1.54) is 0 Å². The highest BCUT2D eigenvalue weighted by Gasteiger charge is 2.21. The zero-order valence-corrected chi connectivity index (χ0v) is 19.6. The quantitative estimate of drug-likeness (QED) is 0.520. The highest BCUT2D eigenvalue weighted by atomic mass is 35.5. The van der Waals surface area contributed by atoms with Crippen LogP contribution < -0.4 is 15.2 Å². The topological polar surface area (TPSA) is 71.8 Å². The second kappa shape index (κ2) is 10.5. The molecule has 3 heterocycles. The van der Waals surface area contributed by atoms with E-state index < -0.39 is 0 Å². The minimum Gasteiger partial charge on any atom is -0.490 e. The van der Waals surface area contributed by atoms with Crippen LogP contribution in [-0.4, -0.2) is 42.1 Å². The molecule has 8 heteroatoms. The summed E-state index contributed by atoms with van der Waals surface area (Å²) in [4.78, 5) is 16.7. The molecule has 1 atom stereocenters. The van der Waals surface area contributed by atoms with E-state index in [4.69, 9.17) is 30.5 Å². The average molecular weight is 483 g/mol. The van der Waals surface area contributed by atoms with Gasteiger partial charge in [-0.1, -0.05) is 29.8 Å². The Balaban J connectivity index is 1.24. The number of fused-ring (bicyclic) bond motifs is 3. The van der Waals surface area contributed by atoms with Gasteiger partial charge in [0, 0.05) is 24.8 Å². The largest absolute Gasteiger partial charge is 0.490 e. The molecule has 5 rings (SSSR count). The molecule has 1 saturated heterocycles. The molecule has 7 nitrogen and oxygen atoms in total. The van der Waals surface area contributed by atoms with Crippen LogP contribution in [0.4, 0.5) is 0 Å². The van der Waals surface area contributed by atoms with Gasteiger partial charge in [0.05, 0.1) is 16.8 Å². The number of halogens is 1. The van der Waals surface area contributed by atoms with Crippen molar-refractivity contribution in [3.05, 3.63) is 75.4 Å². The van der Waals surface area contributed by atoms with Crippen molar-refractivity contribution in [3.8, 4) is 22.9 Å². The van der Waals surface area contributed by atoms with Gasteiger partial charge in [-0.25, -0.2) is 4.79 Å². The zero-order valence-electron chi connectivity index (χ0n) is 18.9. The molecular weight excluding hydrogens is 456 g/mol. The normalized spacial score (nSPS) is 18.9. The van der Waals surface area contributed by atoms with Crippen LogP contribution in [0.3, 0.4) is 0 Å². The first-order chi connectivity index (χ1) is 16.7. The predicted molar refractivity (Wildman–Crippen MR) is 129 cm³/mol. The van der Waals surface area contributed by atoms with Crippen molar-refractivity contribution in [1.82, 2.24) is 9.55 Å². The van der Waals surface area contributed by atoms with E-state index in [1.807, 2.05) is 48.6 Å². The fourth-order valence-electron chi connectivity index (χ4n) is 4.31. The van der Waals surface area contributed by atoms with Gasteiger partial charge in [0.1, 0.15) is 31.3 Å². The number of aromatic nitrogens is 2. The summed E-state index contributed by atoms with van der Waals surface area (Å²) in [6, 6.07) is 7.76. The average Bonchev–Trinajstić information content (AvgIpc) is 3.29. The molecule has 1 aliphatic carbocycles. The molecule has 0 radical (unpaired) electrons. The summed E-state index contributed by atoms with van der Waals surface area (Å²) in [6.07, 6.45) is 11.3. The molecule has 34 heavy (non-hydrogen) atoms. The molecule has 0 bridgehead atoms. The summed E-state index contributed by atoms with van der Waals surface area (Å²) in [5.74, 6) is 1.75. The first kappa shape index (κ1) is 22.7. The lowest BCUT2D eigenvalue weighted by molar-refractivity contribution is 0.0661. The van der Waals surface area contributed by atoms with Crippen molar-refractivity contribution in [2.45, 2.75) is 38.3 Å². The molecule has 178 valence electrons. The Morgan fingerprint density at radius 2 is 2.09 bits per heavy atom. The monoisotopic (exact) mass is 482 g/mol. The number of hydrogen-bond acceptors (Lipinski definition) is 6. The van der Waals surface area contributed by atoms with Gasteiger partial charge in [-0.05, 0) is 55.5 Å². The van der Waals surface area contributed by atoms with Gasteiger partial charge < -0.3 is 18.9 Å². The van der Waals surface area contributed by atoms with Crippen LogP contribution >= 0.6 is 11.6 Å². The maximum absolute atomic E-state index is 12.6. The molecular formula is C26H27ClN2O5. The molecule has 1 aromatic carbocycles. The number of rotatable bonds is 8. The van der Waals surface area contributed by atoms with E-state index >= 15 is 0 Å². The number of hydrogen-bond donors (Lipinski definition) is 0. The van der Waals surface area contributed by atoms with Crippen molar-refractivity contribution in [3.63, 3.8) is 0 Å². The van der Waals surface area contributed by atoms with Gasteiger partial charge in [0.15, 0.2) is 0 Å². The molecule has 0 amide bonds. The lowest BCUT2D eigenvalue weighted by Crippen LogP contribution is -2.29. The van der Waals surface area contributed by atoms with E-state index in [0.29, 0.717) is 43.0 Å². The Morgan fingerprint density at radius 1 is 1.18 bits per heavy atom. The standard InChI is InChI=1S/C26H27ClN2O5/c27-22-6-2-1-3-7-24(22)33-14-13-32-19-8-9-21-18(15-19)10-11-29-23(21)16-25(28-26(29)30)34-17-20-5-4-12-31-20/h1,3,6-9,15-16,20H,2,4-5,10-14,17H2. The number of ether oxygens (including phenoxy) is 4. The van der Waals surface area contributed by atoms with E-state index in [-0.39, 0.29) is 11.8 Å². The summed E-state index contributed by atoms with van der Waals surface area (Å²) in [5.41, 5.74) is 2.63. The molecule has 1 fully saturated rings. The van der Waals surface area contributed by atoms with Gasteiger partial charge in [-0.15, -0.1) is 0 Å². The van der Waals surface area contributed by atoms with Crippen molar-refractivity contribution >= 4 is 11.6 Å².